The lowest BCUT2D eigenvalue weighted by molar-refractivity contribution is -0.139. The van der Waals surface area contributed by atoms with E-state index in [0.29, 0.717) is 62.3 Å². The predicted octanol–water partition coefficient (Wildman–Crippen LogP) is 8.58. The zero-order valence-electron chi connectivity index (χ0n) is 23.7. The Bertz CT molecular complexity index is 1660. The van der Waals surface area contributed by atoms with Gasteiger partial charge < -0.3 is 19.5 Å². The quantitative estimate of drug-likeness (QED) is 0.121. The Balaban J connectivity index is 1.52. The summed E-state index contributed by atoms with van der Waals surface area (Å²) in [6.45, 7) is 6.55. The molecule has 4 aromatic rings. The van der Waals surface area contributed by atoms with E-state index in [0.717, 1.165) is 21.2 Å². The first-order chi connectivity index (χ1) is 20.8. The molecular weight excluding hydrogens is 720 g/mol. The molecule has 0 bridgehead atoms. The van der Waals surface area contributed by atoms with E-state index in [-0.39, 0.29) is 6.61 Å². The number of nitrogens with zero attached hydrogens (tertiary/aromatic N) is 3. The molecule has 1 aliphatic heterocycles. The molecule has 1 aliphatic rings. The molecule has 0 saturated heterocycles. The van der Waals surface area contributed by atoms with Crippen LogP contribution in [0.3, 0.4) is 0 Å². The third-order valence-corrected chi connectivity index (χ3v) is 8.96. The molecule has 1 atom stereocenters. The number of aromatic nitrogens is 3. The van der Waals surface area contributed by atoms with E-state index < -0.39 is 12.0 Å². The summed E-state index contributed by atoms with van der Waals surface area (Å²) >= 11 is 15.0. The van der Waals surface area contributed by atoms with Crippen LogP contribution in [0.4, 0.5) is 5.95 Å². The lowest BCUT2D eigenvalue weighted by Crippen LogP contribution is -2.29. The van der Waals surface area contributed by atoms with E-state index in [2.05, 4.69) is 37.2 Å². The number of fused-ring (bicyclic) bond motifs is 1. The fourth-order valence-corrected chi connectivity index (χ4v) is 6.57. The van der Waals surface area contributed by atoms with Crippen molar-refractivity contribution in [1.29, 1.82) is 0 Å². The first-order valence-electron chi connectivity index (χ1n) is 13.6. The molecule has 43 heavy (non-hydrogen) atoms. The number of allylic oxidation sites excluding steroid dienone is 1. The van der Waals surface area contributed by atoms with E-state index in [1.54, 1.807) is 11.6 Å². The van der Waals surface area contributed by atoms with Gasteiger partial charge in [-0.15, -0.1) is 5.10 Å². The monoisotopic (exact) mass is 746 g/mol. The summed E-state index contributed by atoms with van der Waals surface area (Å²) < 4.78 is 21.2. The average Bonchev–Trinajstić information content (AvgIpc) is 3.39. The van der Waals surface area contributed by atoms with Crippen LogP contribution in [0.1, 0.15) is 43.5 Å². The summed E-state index contributed by atoms with van der Waals surface area (Å²) in [4.78, 5) is 18.1. The number of carbonyl (C=O) groups excluding carboxylic acids is 1. The van der Waals surface area contributed by atoms with Gasteiger partial charge in [0.15, 0.2) is 11.5 Å². The van der Waals surface area contributed by atoms with Gasteiger partial charge in [-0.2, -0.15) is 4.98 Å². The molecule has 224 valence electrons. The van der Waals surface area contributed by atoms with Gasteiger partial charge in [0.25, 0.3) is 0 Å². The maximum absolute atomic E-state index is 13.3. The number of thioether (sulfide) groups is 1. The first-order valence-corrected chi connectivity index (χ1v) is 16.5. The Morgan fingerprint density at radius 2 is 1.84 bits per heavy atom. The number of hydrogen-bond donors (Lipinski definition) is 1. The standard InChI is InChI=1S/C31H29Br2ClN4O4S/c1-4-40-25-15-21(14-23(33)28(25)42-16-19-10-12-22(32)13-11-19)27-26(29(39)41-5-2)18(3)35-30-36-31(37-38(27)30)43-17-20-8-6-7-9-24(20)34/h6-15,27H,4-5,16-17H2,1-3H3,(H,35,36,37). The Morgan fingerprint density at radius 1 is 1.07 bits per heavy atom. The molecule has 0 radical (unpaired) electrons. The van der Waals surface area contributed by atoms with Crippen LogP contribution in [0.5, 0.6) is 11.5 Å². The van der Waals surface area contributed by atoms with Crippen molar-refractivity contribution in [3.8, 4) is 11.5 Å². The van der Waals surface area contributed by atoms with Crippen molar-refractivity contribution in [3.05, 3.63) is 103 Å². The van der Waals surface area contributed by atoms with Gasteiger partial charge in [-0.05, 0) is 83.7 Å². The lowest BCUT2D eigenvalue weighted by Gasteiger charge is -2.28. The molecule has 2 heterocycles. The number of anilines is 1. The summed E-state index contributed by atoms with van der Waals surface area (Å²) in [7, 11) is 0. The molecule has 0 amide bonds. The molecule has 1 aromatic heterocycles. The number of rotatable bonds is 11. The third-order valence-electron chi connectivity index (χ3n) is 6.59. The molecule has 0 aliphatic carbocycles. The van der Waals surface area contributed by atoms with Gasteiger partial charge in [0.05, 0.1) is 23.3 Å². The van der Waals surface area contributed by atoms with Gasteiger partial charge in [0.2, 0.25) is 11.1 Å². The highest BCUT2D eigenvalue weighted by Gasteiger charge is 2.36. The number of nitrogens with one attached hydrogen (secondary N) is 1. The number of hydrogen-bond acceptors (Lipinski definition) is 8. The van der Waals surface area contributed by atoms with Crippen molar-refractivity contribution >= 4 is 67.1 Å². The van der Waals surface area contributed by atoms with Crippen LogP contribution in [0, 0.1) is 0 Å². The lowest BCUT2D eigenvalue weighted by atomic mass is 9.95. The second-order valence-electron chi connectivity index (χ2n) is 9.51. The number of carbonyl (C=O) groups is 1. The zero-order chi connectivity index (χ0) is 30.5. The Kier molecular flexibility index (Phi) is 10.4. The van der Waals surface area contributed by atoms with Crippen LogP contribution >= 0.6 is 55.2 Å². The minimum atomic E-state index is -0.631. The van der Waals surface area contributed by atoms with Crippen molar-refractivity contribution in [2.75, 3.05) is 18.5 Å². The molecular formula is C31H29Br2ClN4O4S. The second-order valence-corrected chi connectivity index (χ2v) is 12.6. The number of benzene rings is 3. The SMILES string of the molecule is CCOC(=O)C1=C(C)Nc2nc(SCc3ccccc3Cl)nn2C1c1cc(Br)c(OCc2ccc(Br)cc2)c(OCC)c1. The van der Waals surface area contributed by atoms with Gasteiger partial charge in [-0.1, -0.05) is 69.6 Å². The minimum absolute atomic E-state index is 0.238. The van der Waals surface area contributed by atoms with Crippen LogP contribution in [-0.4, -0.2) is 33.9 Å². The highest BCUT2D eigenvalue weighted by molar-refractivity contribution is 9.10. The molecule has 12 heteroatoms. The molecule has 1 unspecified atom stereocenters. The third kappa shape index (κ3) is 7.22. The fraction of sp³-hybridized carbons (Fsp3) is 0.258. The van der Waals surface area contributed by atoms with E-state index in [9.17, 15) is 4.79 Å². The van der Waals surface area contributed by atoms with Gasteiger partial charge >= 0.3 is 5.97 Å². The highest BCUT2D eigenvalue weighted by atomic mass is 79.9. The largest absolute Gasteiger partial charge is 0.490 e. The molecule has 1 N–H and O–H groups in total. The normalized spacial score (nSPS) is 14.2. The summed E-state index contributed by atoms with van der Waals surface area (Å²) in [6, 6.07) is 18.8. The summed E-state index contributed by atoms with van der Waals surface area (Å²) in [5, 5.41) is 9.30. The maximum atomic E-state index is 13.3. The van der Waals surface area contributed by atoms with Gasteiger partial charge in [0, 0.05) is 20.9 Å². The van der Waals surface area contributed by atoms with Crippen LogP contribution in [-0.2, 0) is 21.9 Å². The Hall–Kier alpha value is -2.99. The van der Waals surface area contributed by atoms with Crippen molar-refractivity contribution in [2.24, 2.45) is 0 Å². The smallest absolute Gasteiger partial charge is 0.338 e. The Labute approximate surface area is 276 Å². The van der Waals surface area contributed by atoms with Crippen LogP contribution in [0.25, 0.3) is 0 Å². The summed E-state index contributed by atoms with van der Waals surface area (Å²) in [6.07, 6.45) is 0. The van der Waals surface area contributed by atoms with Gasteiger partial charge in [-0.25, -0.2) is 9.48 Å². The van der Waals surface area contributed by atoms with Crippen molar-refractivity contribution in [2.45, 2.75) is 44.3 Å². The minimum Gasteiger partial charge on any atom is -0.490 e. The molecule has 3 aromatic carbocycles. The molecule has 0 saturated carbocycles. The Morgan fingerprint density at radius 3 is 2.56 bits per heavy atom. The van der Waals surface area contributed by atoms with Gasteiger partial charge in [-0.3, -0.25) is 0 Å². The molecule has 0 spiro atoms. The summed E-state index contributed by atoms with van der Waals surface area (Å²) in [5.74, 6) is 1.78. The molecule has 0 fully saturated rings. The van der Waals surface area contributed by atoms with E-state index in [1.807, 2.05) is 74.5 Å². The van der Waals surface area contributed by atoms with Crippen molar-refractivity contribution in [3.63, 3.8) is 0 Å². The van der Waals surface area contributed by atoms with Gasteiger partial charge in [0.1, 0.15) is 12.6 Å². The van der Waals surface area contributed by atoms with Crippen LogP contribution in [0.2, 0.25) is 5.02 Å². The van der Waals surface area contributed by atoms with E-state index >= 15 is 0 Å². The van der Waals surface area contributed by atoms with Crippen LogP contribution < -0.4 is 14.8 Å². The average molecular weight is 749 g/mol. The van der Waals surface area contributed by atoms with E-state index in [1.165, 1.54) is 11.8 Å². The first kappa shape index (κ1) is 31.4. The van der Waals surface area contributed by atoms with E-state index in [4.69, 9.17) is 35.9 Å². The molecule has 5 rings (SSSR count). The number of halogens is 3. The van der Waals surface area contributed by atoms with Crippen molar-refractivity contribution < 1.29 is 19.0 Å². The zero-order valence-corrected chi connectivity index (χ0v) is 28.4. The van der Waals surface area contributed by atoms with Crippen LogP contribution in [0.15, 0.2) is 86.0 Å². The predicted molar refractivity (Wildman–Crippen MR) is 176 cm³/mol. The topological polar surface area (TPSA) is 87.5 Å². The number of esters is 1. The number of ether oxygens (including phenoxy) is 3. The highest BCUT2D eigenvalue weighted by Crippen LogP contribution is 2.44. The maximum Gasteiger partial charge on any atom is 0.338 e. The van der Waals surface area contributed by atoms with Crippen molar-refractivity contribution in [1.82, 2.24) is 14.8 Å². The fourth-order valence-electron chi connectivity index (χ4n) is 4.62. The second kappa shape index (κ2) is 14.2. The summed E-state index contributed by atoms with van der Waals surface area (Å²) in [5.41, 5.74) is 3.81. The molecule has 8 nitrogen and oxygen atoms in total.